The number of hydrogen-bond donors (Lipinski definition) is 6. The average molecular weight is 425 g/mol. The van der Waals surface area contributed by atoms with Gasteiger partial charge in [-0.05, 0) is 0 Å². The molecule has 4 aromatic heterocycles. The van der Waals surface area contributed by atoms with Crippen LogP contribution < -0.4 is 43.8 Å². The van der Waals surface area contributed by atoms with Crippen molar-refractivity contribution < 1.29 is 21.2 Å². The number of H-pyrrole nitrogens is 4. The first kappa shape index (κ1) is 13.8. The maximum atomic E-state index is 12.1. The number of hydrogen-bond acceptors (Lipinski definition) is 6. The first-order valence-corrected chi connectivity index (χ1v) is 8.57. The number of rotatable bonds is 2. The summed E-state index contributed by atoms with van der Waals surface area (Å²) in [5.41, 5.74) is 11.3. The molecule has 4 rings (SSSR count). The molecule has 0 fully saturated rings. The Hall–Kier alpha value is -2.83. The second kappa shape index (κ2) is 4.84. The van der Waals surface area contributed by atoms with Gasteiger partial charge in [-0.15, -0.1) is 0 Å². The second-order valence-corrected chi connectivity index (χ2v) is 7.58. The van der Waals surface area contributed by atoms with E-state index in [1.165, 1.54) is 0 Å². The van der Waals surface area contributed by atoms with Crippen molar-refractivity contribution in [3.8, 4) is 0 Å². The maximum absolute atomic E-state index is 12.1. The summed E-state index contributed by atoms with van der Waals surface area (Å²) in [5.74, 6) is 0.106. The Balaban J connectivity index is 1.89. The predicted molar refractivity (Wildman–Crippen MR) is 79.6 cm³/mol. The number of fused-ring (bicyclic) bond motifs is 2. The standard InChI is InChI=1S/C12H10IN8O2/c14-11-18-7-5(9(22)20-11)3(1-16-7)13-4-2-17-8-6(4)10(23)21-12(15)19-8/h1-2H,(H4,14,16,18,20,22)(H4,15,17,19,21,23)/q-1. The molecule has 0 spiro atoms. The van der Waals surface area contributed by atoms with Gasteiger partial charge >= 0.3 is 137 Å². The van der Waals surface area contributed by atoms with Gasteiger partial charge < -0.3 is 0 Å². The minimum absolute atomic E-state index is 0.0531. The number of nitrogens with two attached hydrogens (primary N) is 2. The van der Waals surface area contributed by atoms with Crippen LogP contribution in [0.5, 0.6) is 0 Å². The Labute approximate surface area is 137 Å². The molecule has 8 N–H and O–H groups in total. The van der Waals surface area contributed by atoms with Crippen molar-refractivity contribution in [2.24, 2.45) is 0 Å². The van der Waals surface area contributed by atoms with Crippen LogP contribution in [0.1, 0.15) is 0 Å². The number of anilines is 2. The van der Waals surface area contributed by atoms with Crippen LogP contribution in [0.4, 0.5) is 11.9 Å². The third kappa shape index (κ3) is 2.16. The van der Waals surface area contributed by atoms with Crippen LogP contribution in [-0.4, -0.2) is 29.9 Å². The van der Waals surface area contributed by atoms with Crippen LogP contribution in [0, 0.1) is 7.14 Å². The van der Waals surface area contributed by atoms with E-state index in [2.05, 4.69) is 29.9 Å². The molecule has 0 radical (unpaired) electrons. The van der Waals surface area contributed by atoms with Gasteiger partial charge in [0.15, 0.2) is 0 Å². The molecule has 118 valence electrons. The van der Waals surface area contributed by atoms with Crippen LogP contribution >= 0.6 is 0 Å². The minimum atomic E-state index is -0.818. The average Bonchev–Trinajstić information content (AvgIpc) is 3.04. The van der Waals surface area contributed by atoms with Crippen LogP contribution in [0.2, 0.25) is 0 Å². The molecule has 0 saturated heterocycles. The molecule has 0 unspecified atom stereocenters. The monoisotopic (exact) mass is 425 g/mol. The molecular formula is C12H10IN8O2-. The van der Waals surface area contributed by atoms with E-state index in [4.69, 9.17) is 11.5 Å². The predicted octanol–water partition coefficient (Wildman–Crippen LogP) is -3.89. The first-order valence-electron chi connectivity index (χ1n) is 6.41. The molecular weight excluding hydrogens is 415 g/mol. The van der Waals surface area contributed by atoms with E-state index >= 15 is 0 Å². The Morgan fingerprint density at radius 2 is 1.26 bits per heavy atom. The summed E-state index contributed by atoms with van der Waals surface area (Å²) in [7, 11) is 0. The van der Waals surface area contributed by atoms with Crippen molar-refractivity contribution in [2.75, 3.05) is 11.5 Å². The Morgan fingerprint density at radius 3 is 1.70 bits per heavy atom. The van der Waals surface area contributed by atoms with E-state index in [-0.39, 0.29) is 23.0 Å². The molecule has 0 aromatic carbocycles. The van der Waals surface area contributed by atoms with E-state index in [0.29, 0.717) is 22.1 Å². The molecule has 0 aliphatic carbocycles. The van der Waals surface area contributed by atoms with Crippen LogP contribution in [0.15, 0.2) is 22.0 Å². The first-order chi connectivity index (χ1) is 11.0. The molecule has 0 aliphatic rings. The molecule has 4 heterocycles. The van der Waals surface area contributed by atoms with E-state index in [9.17, 15) is 9.59 Å². The summed E-state index contributed by atoms with van der Waals surface area (Å²) in [6.07, 6.45) is 3.44. The summed E-state index contributed by atoms with van der Waals surface area (Å²) in [6.45, 7) is 0. The third-order valence-electron chi connectivity index (χ3n) is 3.23. The Bertz CT molecular complexity index is 1080. The normalized spacial score (nSPS) is 11.7. The van der Waals surface area contributed by atoms with Gasteiger partial charge in [0.25, 0.3) is 0 Å². The summed E-state index contributed by atoms with van der Waals surface area (Å²) in [5, 5.41) is 0.919. The Kier molecular flexibility index (Phi) is 2.90. The van der Waals surface area contributed by atoms with Crippen molar-refractivity contribution in [1.29, 1.82) is 0 Å². The fourth-order valence-corrected chi connectivity index (χ4v) is 5.09. The summed E-state index contributed by atoms with van der Waals surface area (Å²) < 4.78 is 1.62. The number of halogens is 1. The number of aromatic amines is 4. The molecule has 0 amide bonds. The molecule has 0 atom stereocenters. The summed E-state index contributed by atoms with van der Waals surface area (Å²) in [4.78, 5) is 43.2. The van der Waals surface area contributed by atoms with E-state index in [0.717, 1.165) is 7.14 Å². The molecule has 0 aliphatic heterocycles. The second-order valence-electron chi connectivity index (χ2n) is 4.72. The van der Waals surface area contributed by atoms with Crippen molar-refractivity contribution >= 4 is 34.0 Å². The van der Waals surface area contributed by atoms with Gasteiger partial charge in [-0.3, -0.25) is 0 Å². The SMILES string of the molecule is Nc1nc2[nH]cc([I-]c3c[nH]c4nc(N)[nH]c(=O)c34)c2c(=O)[nH]1. The topological polar surface area (TPSA) is 175 Å². The summed E-state index contributed by atoms with van der Waals surface area (Å²) in [6, 6.07) is 0. The zero-order valence-electron chi connectivity index (χ0n) is 11.4. The number of nitrogens with one attached hydrogen (secondary N) is 4. The van der Waals surface area contributed by atoms with Crippen molar-refractivity contribution in [2.45, 2.75) is 0 Å². The van der Waals surface area contributed by atoms with Gasteiger partial charge in [0.05, 0.1) is 0 Å². The molecule has 0 saturated carbocycles. The van der Waals surface area contributed by atoms with Gasteiger partial charge in [0.1, 0.15) is 0 Å². The molecule has 11 heteroatoms. The van der Waals surface area contributed by atoms with Crippen molar-refractivity contribution in [3.05, 3.63) is 40.2 Å². The van der Waals surface area contributed by atoms with Gasteiger partial charge in [-0.2, -0.15) is 0 Å². The van der Waals surface area contributed by atoms with Crippen LogP contribution in [-0.2, 0) is 0 Å². The number of nitrogens with zero attached hydrogens (tertiary/aromatic N) is 2. The fraction of sp³-hybridized carbons (Fsp3) is 0. The third-order valence-corrected chi connectivity index (χ3v) is 6.09. The fourth-order valence-electron chi connectivity index (χ4n) is 2.30. The van der Waals surface area contributed by atoms with Gasteiger partial charge in [-0.1, -0.05) is 0 Å². The van der Waals surface area contributed by atoms with Crippen LogP contribution in [0.3, 0.4) is 0 Å². The number of nitrogen functional groups attached to an aromatic ring is 2. The van der Waals surface area contributed by atoms with E-state index in [1.807, 2.05) is 0 Å². The quantitative estimate of drug-likeness (QED) is 0.179. The van der Waals surface area contributed by atoms with Crippen molar-refractivity contribution in [3.63, 3.8) is 0 Å². The summed E-state index contributed by atoms with van der Waals surface area (Å²) >= 11 is -0.818. The molecule has 23 heavy (non-hydrogen) atoms. The van der Waals surface area contributed by atoms with E-state index in [1.54, 1.807) is 12.4 Å². The Morgan fingerprint density at radius 1 is 0.826 bits per heavy atom. The molecule has 10 nitrogen and oxygen atoms in total. The van der Waals surface area contributed by atoms with Crippen LogP contribution in [0.25, 0.3) is 22.1 Å². The zero-order chi connectivity index (χ0) is 16.1. The molecule has 4 aromatic rings. The van der Waals surface area contributed by atoms with Gasteiger partial charge in [0.2, 0.25) is 0 Å². The van der Waals surface area contributed by atoms with Crippen molar-refractivity contribution in [1.82, 2.24) is 29.9 Å². The molecule has 0 bridgehead atoms. The van der Waals surface area contributed by atoms with Gasteiger partial charge in [-0.25, -0.2) is 0 Å². The van der Waals surface area contributed by atoms with E-state index < -0.39 is 21.2 Å². The van der Waals surface area contributed by atoms with Gasteiger partial charge in [0, 0.05) is 0 Å². The number of aromatic nitrogens is 6. The zero-order valence-corrected chi connectivity index (χ0v) is 13.6.